The number of carbonyl (C=O) groups is 1. The monoisotopic (exact) mass is 420 g/mol. The summed E-state index contributed by atoms with van der Waals surface area (Å²) in [5.74, 6) is -0.595. The number of carboxylic acid groups (broad SMARTS) is 1. The molecule has 1 aliphatic heterocycles. The first kappa shape index (κ1) is 26.0. The standard InChI is InChI=1S/C24H36O6/c1-16(2)24(30-22-15-20(25)23(28)19(5)29-22)18(4)14-17(3)12-10-8-6-7-9-11-13-21(26)27/h6-14,16,18-20,22-25,28H,15H2,1-5H3,(H,26,27)/b8-6+,9-7+,12-10+,13-11+,17-14+/t18-,19-,20+,22+,23-,24+/m1/s1. The van der Waals surface area contributed by atoms with Gasteiger partial charge in [-0.2, -0.15) is 0 Å². The highest BCUT2D eigenvalue weighted by Crippen LogP contribution is 2.27. The minimum Gasteiger partial charge on any atom is -0.478 e. The number of aliphatic hydroxyl groups is 2. The first-order chi connectivity index (χ1) is 14.1. The molecule has 1 rings (SSSR count). The predicted octanol–water partition coefficient (Wildman–Crippen LogP) is 3.78. The molecule has 0 aromatic carbocycles. The number of ether oxygens (including phenoxy) is 2. The summed E-state index contributed by atoms with van der Waals surface area (Å²) in [6, 6.07) is 0. The van der Waals surface area contributed by atoms with Crippen molar-refractivity contribution in [3.05, 3.63) is 60.3 Å². The lowest BCUT2D eigenvalue weighted by Crippen LogP contribution is -2.49. The van der Waals surface area contributed by atoms with Crippen LogP contribution < -0.4 is 0 Å². The summed E-state index contributed by atoms with van der Waals surface area (Å²) in [6.07, 6.45) is 13.1. The van der Waals surface area contributed by atoms with E-state index in [1.807, 2.05) is 31.2 Å². The molecule has 30 heavy (non-hydrogen) atoms. The molecular weight excluding hydrogens is 384 g/mol. The third-order valence-corrected chi connectivity index (χ3v) is 4.84. The second kappa shape index (κ2) is 13.3. The van der Waals surface area contributed by atoms with Gasteiger partial charge in [0.05, 0.1) is 18.3 Å². The molecule has 0 bridgehead atoms. The molecule has 6 atom stereocenters. The zero-order chi connectivity index (χ0) is 22.7. The Kier molecular flexibility index (Phi) is 11.6. The van der Waals surface area contributed by atoms with Gasteiger partial charge in [0.25, 0.3) is 0 Å². The van der Waals surface area contributed by atoms with E-state index in [9.17, 15) is 15.0 Å². The quantitative estimate of drug-likeness (QED) is 0.368. The maximum atomic E-state index is 10.3. The van der Waals surface area contributed by atoms with Crippen molar-refractivity contribution in [3.8, 4) is 0 Å². The van der Waals surface area contributed by atoms with Crippen molar-refractivity contribution >= 4 is 5.97 Å². The molecule has 0 radical (unpaired) electrons. The Morgan fingerprint density at radius 3 is 2.13 bits per heavy atom. The van der Waals surface area contributed by atoms with Crippen molar-refractivity contribution in [2.75, 3.05) is 0 Å². The van der Waals surface area contributed by atoms with E-state index in [1.54, 1.807) is 19.1 Å². The average molecular weight is 421 g/mol. The summed E-state index contributed by atoms with van der Waals surface area (Å²) in [4.78, 5) is 10.3. The first-order valence-corrected chi connectivity index (χ1v) is 10.4. The van der Waals surface area contributed by atoms with E-state index in [1.165, 1.54) is 6.08 Å². The number of carboxylic acids is 1. The van der Waals surface area contributed by atoms with E-state index in [4.69, 9.17) is 14.6 Å². The number of hydrogen-bond donors (Lipinski definition) is 3. The van der Waals surface area contributed by atoms with Crippen molar-refractivity contribution in [2.24, 2.45) is 11.8 Å². The van der Waals surface area contributed by atoms with Gasteiger partial charge in [-0.05, 0) is 19.8 Å². The van der Waals surface area contributed by atoms with Crippen LogP contribution in [0.4, 0.5) is 0 Å². The lowest BCUT2D eigenvalue weighted by Gasteiger charge is -2.38. The van der Waals surface area contributed by atoms with Crippen LogP contribution in [0.1, 0.15) is 41.0 Å². The normalized spacial score (nSPS) is 28.3. The summed E-state index contributed by atoms with van der Waals surface area (Å²) in [7, 11) is 0. The number of aliphatic hydroxyl groups excluding tert-OH is 2. The summed E-state index contributed by atoms with van der Waals surface area (Å²) in [5, 5.41) is 28.3. The van der Waals surface area contributed by atoms with Gasteiger partial charge in [-0.15, -0.1) is 0 Å². The van der Waals surface area contributed by atoms with E-state index in [0.29, 0.717) is 0 Å². The van der Waals surface area contributed by atoms with Gasteiger partial charge in [0.15, 0.2) is 6.29 Å². The molecule has 1 aliphatic rings. The van der Waals surface area contributed by atoms with Gasteiger partial charge >= 0.3 is 5.97 Å². The Labute approximate surface area is 179 Å². The molecule has 6 nitrogen and oxygen atoms in total. The minimum absolute atomic E-state index is 0.0903. The molecule has 168 valence electrons. The fraction of sp³-hybridized carbons (Fsp3) is 0.542. The fourth-order valence-electron chi connectivity index (χ4n) is 3.34. The Bertz CT molecular complexity index is 661. The fourth-order valence-corrected chi connectivity index (χ4v) is 3.34. The highest BCUT2D eigenvalue weighted by Gasteiger charge is 2.36. The minimum atomic E-state index is -0.972. The third-order valence-electron chi connectivity index (χ3n) is 4.84. The average Bonchev–Trinajstić information content (AvgIpc) is 2.65. The van der Waals surface area contributed by atoms with Gasteiger partial charge in [0, 0.05) is 18.4 Å². The molecular formula is C24H36O6. The first-order valence-electron chi connectivity index (χ1n) is 10.4. The molecule has 0 unspecified atom stereocenters. The molecule has 0 aromatic heterocycles. The predicted molar refractivity (Wildman–Crippen MR) is 118 cm³/mol. The molecule has 0 spiro atoms. The van der Waals surface area contributed by atoms with E-state index in [-0.39, 0.29) is 24.4 Å². The van der Waals surface area contributed by atoms with E-state index >= 15 is 0 Å². The molecule has 6 heteroatoms. The molecule has 1 fully saturated rings. The molecule has 3 N–H and O–H groups in total. The second-order valence-electron chi connectivity index (χ2n) is 8.01. The van der Waals surface area contributed by atoms with Crippen LogP contribution in [0.3, 0.4) is 0 Å². The van der Waals surface area contributed by atoms with Crippen LogP contribution in [0.15, 0.2) is 60.3 Å². The third kappa shape index (κ3) is 9.67. The van der Waals surface area contributed by atoms with Gasteiger partial charge in [0.1, 0.15) is 6.10 Å². The maximum Gasteiger partial charge on any atom is 0.328 e. The van der Waals surface area contributed by atoms with Crippen LogP contribution in [-0.4, -0.2) is 52.0 Å². The zero-order valence-corrected chi connectivity index (χ0v) is 18.5. The van der Waals surface area contributed by atoms with Crippen LogP contribution in [0.2, 0.25) is 0 Å². The van der Waals surface area contributed by atoms with Gasteiger partial charge in [-0.25, -0.2) is 4.79 Å². The SMILES string of the molecule is CC(/C=C/C=C/C=C/C=C/C(=O)O)=C\[C@@H](C)[C@@H](O[C@H]1C[C@H](O)[C@H](O)[C@@H](C)O1)C(C)C. The highest BCUT2D eigenvalue weighted by atomic mass is 16.7. The Morgan fingerprint density at radius 2 is 1.60 bits per heavy atom. The molecule has 0 aliphatic carbocycles. The van der Waals surface area contributed by atoms with Gasteiger partial charge in [-0.3, -0.25) is 0 Å². The number of rotatable bonds is 10. The van der Waals surface area contributed by atoms with Gasteiger partial charge < -0.3 is 24.8 Å². The topological polar surface area (TPSA) is 96.2 Å². The summed E-state index contributed by atoms with van der Waals surface area (Å²) < 4.78 is 11.9. The maximum absolute atomic E-state index is 10.3. The molecule has 1 heterocycles. The molecule has 0 saturated carbocycles. The summed E-state index contributed by atoms with van der Waals surface area (Å²) in [5.41, 5.74) is 1.09. The summed E-state index contributed by atoms with van der Waals surface area (Å²) >= 11 is 0. The van der Waals surface area contributed by atoms with Crippen molar-refractivity contribution in [3.63, 3.8) is 0 Å². The molecule has 0 amide bonds. The van der Waals surface area contributed by atoms with Crippen LogP contribution in [-0.2, 0) is 14.3 Å². The molecule has 1 saturated heterocycles. The Balaban J connectivity index is 2.64. The van der Waals surface area contributed by atoms with E-state index in [2.05, 4.69) is 26.8 Å². The smallest absolute Gasteiger partial charge is 0.328 e. The number of aliphatic carboxylic acids is 1. The van der Waals surface area contributed by atoms with Crippen LogP contribution >= 0.6 is 0 Å². The number of allylic oxidation sites excluding steroid dienone is 8. The van der Waals surface area contributed by atoms with Crippen molar-refractivity contribution in [1.29, 1.82) is 0 Å². The largest absolute Gasteiger partial charge is 0.478 e. The Hall–Kier alpha value is -1.99. The van der Waals surface area contributed by atoms with Crippen molar-refractivity contribution in [1.82, 2.24) is 0 Å². The van der Waals surface area contributed by atoms with E-state index in [0.717, 1.165) is 11.6 Å². The molecule has 0 aromatic rings. The van der Waals surface area contributed by atoms with E-state index < -0.39 is 30.6 Å². The lowest BCUT2D eigenvalue weighted by molar-refractivity contribution is -0.267. The van der Waals surface area contributed by atoms with Crippen molar-refractivity contribution in [2.45, 2.75) is 71.7 Å². The lowest BCUT2D eigenvalue weighted by atomic mass is 9.92. The van der Waals surface area contributed by atoms with Crippen LogP contribution in [0.25, 0.3) is 0 Å². The van der Waals surface area contributed by atoms with Gasteiger partial charge in [-0.1, -0.05) is 75.0 Å². The highest BCUT2D eigenvalue weighted by molar-refractivity contribution is 5.80. The zero-order valence-electron chi connectivity index (χ0n) is 18.5. The number of hydrogen-bond acceptors (Lipinski definition) is 5. The van der Waals surface area contributed by atoms with Crippen LogP contribution in [0.5, 0.6) is 0 Å². The van der Waals surface area contributed by atoms with Gasteiger partial charge in [0.2, 0.25) is 0 Å². The van der Waals surface area contributed by atoms with Crippen molar-refractivity contribution < 1.29 is 29.6 Å². The summed E-state index contributed by atoms with van der Waals surface area (Å²) in [6.45, 7) is 10.0. The van der Waals surface area contributed by atoms with Crippen LogP contribution in [0, 0.1) is 11.8 Å². The Morgan fingerprint density at radius 1 is 1.03 bits per heavy atom. The second-order valence-corrected chi connectivity index (χ2v) is 8.01.